The van der Waals surface area contributed by atoms with Crippen LogP contribution < -0.4 is 20.7 Å². The van der Waals surface area contributed by atoms with E-state index in [9.17, 15) is 38.7 Å². The molecule has 0 spiro atoms. The van der Waals surface area contributed by atoms with Crippen molar-refractivity contribution in [2.45, 2.75) is 162 Å². The largest absolute Gasteiger partial charge is 0.497 e. The van der Waals surface area contributed by atoms with Crippen molar-refractivity contribution in [2.75, 3.05) is 20.7 Å². The Bertz CT molecular complexity index is 1690. The summed E-state index contributed by atoms with van der Waals surface area (Å²) in [5, 5.41) is 19.8. The molecular formula is C45H71N5O11. The zero-order valence-corrected chi connectivity index (χ0v) is 38.2. The zero-order chi connectivity index (χ0) is 45.9. The highest BCUT2D eigenvalue weighted by Gasteiger charge is 2.44. The predicted molar refractivity (Wildman–Crippen MR) is 228 cm³/mol. The lowest BCUT2D eigenvalue weighted by Crippen LogP contribution is -2.59. The smallest absolute Gasteiger partial charge is 0.408 e. The maximum absolute atomic E-state index is 14.6. The van der Waals surface area contributed by atoms with Gasteiger partial charge in [-0.3, -0.25) is 24.0 Å². The highest BCUT2D eigenvalue weighted by Crippen LogP contribution is 2.26. The highest BCUT2D eigenvalue weighted by molar-refractivity contribution is 5.95. The number of carbonyl (C=O) groups is 7. The molecule has 4 N–H and O–H groups in total. The van der Waals surface area contributed by atoms with Crippen LogP contribution in [0.1, 0.15) is 113 Å². The normalized spacial score (nSPS) is 27.5. The summed E-state index contributed by atoms with van der Waals surface area (Å²) in [6.07, 6.45) is -2.80. The zero-order valence-electron chi connectivity index (χ0n) is 38.2. The highest BCUT2D eigenvalue weighted by atomic mass is 16.6. The minimum absolute atomic E-state index is 0.0201. The van der Waals surface area contributed by atoms with Crippen LogP contribution in [0.2, 0.25) is 0 Å². The van der Waals surface area contributed by atoms with Crippen LogP contribution in [0.25, 0.3) is 0 Å². The van der Waals surface area contributed by atoms with Gasteiger partial charge in [-0.15, -0.1) is 0 Å². The van der Waals surface area contributed by atoms with Crippen LogP contribution in [0, 0.1) is 23.7 Å². The number of benzene rings is 1. The molecule has 3 rings (SSSR count). The Labute approximate surface area is 361 Å². The fourth-order valence-corrected chi connectivity index (χ4v) is 7.82. The van der Waals surface area contributed by atoms with Gasteiger partial charge < -0.3 is 45.1 Å². The number of hydrogen-bond acceptors (Lipinski definition) is 11. The van der Waals surface area contributed by atoms with E-state index in [0.717, 1.165) is 0 Å². The predicted octanol–water partition coefficient (Wildman–Crippen LogP) is 3.94. The van der Waals surface area contributed by atoms with Crippen molar-refractivity contribution in [3.63, 3.8) is 0 Å². The summed E-state index contributed by atoms with van der Waals surface area (Å²) in [6.45, 7) is 17.7. The summed E-state index contributed by atoms with van der Waals surface area (Å²) in [7, 11) is 2.98. The lowest BCUT2D eigenvalue weighted by atomic mass is 9.85. The molecule has 0 saturated carbocycles. The maximum Gasteiger partial charge on any atom is 0.408 e. The molecule has 2 fully saturated rings. The molecule has 2 saturated heterocycles. The first-order valence-electron chi connectivity index (χ1n) is 21.7. The van der Waals surface area contributed by atoms with Gasteiger partial charge in [-0.2, -0.15) is 0 Å². The first kappa shape index (κ1) is 50.6. The number of Topliss-reactive ketones (excluding diaryl/α,β-unsaturated/α-hetero) is 1. The Balaban J connectivity index is 2.20. The number of fused-ring (bicyclic) bond motifs is 1. The summed E-state index contributed by atoms with van der Waals surface area (Å²) >= 11 is 0. The van der Waals surface area contributed by atoms with Crippen LogP contribution in [-0.2, 0) is 44.7 Å². The number of carbonyl (C=O) groups excluding carboxylic acids is 7. The Morgan fingerprint density at radius 3 is 2.16 bits per heavy atom. The molecule has 2 aliphatic heterocycles. The minimum atomic E-state index is -1.56. The number of esters is 1. The summed E-state index contributed by atoms with van der Waals surface area (Å²) in [6, 6.07) is 1.13. The van der Waals surface area contributed by atoms with Gasteiger partial charge >= 0.3 is 12.1 Å². The van der Waals surface area contributed by atoms with Crippen molar-refractivity contribution in [3.8, 4) is 5.75 Å². The van der Waals surface area contributed by atoms with E-state index >= 15 is 0 Å². The number of aliphatic hydroxyl groups is 1. The van der Waals surface area contributed by atoms with Gasteiger partial charge in [0.15, 0.2) is 0 Å². The summed E-state index contributed by atoms with van der Waals surface area (Å²) in [5.41, 5.74) is -0.301. The summed E-state index contributed by atoms with van der Waals surface area (Å²) in [5.74, 6) is -4.59. The van der Waals surface area contributed by atoms with Crippen molar-refractivity contribution >= 4 is 41.5 Å². The molecule has 2 aliphatic rings. The number of cyclic esters (lactones) is 1. The molecule has 0 aliphatic carbocycles. The van der Waals surface area contributed by atoms with Gasteiger partial charge in [0.2, 0.25) is 23.6 Å². The number of alkyl carbamates (subject to hydrolysis) is 1. The van der Waals surface area contributed by atoms with Gasteiger partial charge in [0.05, 0.1) is 19.3 Å². The number of hydrogen-bond donors (Lipinski definition) is 4. The first-order valence-corrected chi connectivity index (χ1v) is 21.7. The Kier molecular flexibility index (Phi) is 18.6. The van der Waals surface area contributed by atoms with Gasteiger partial charge in [-0.05, 0) is 82.4 Å². The van der Waals surface area contributed by atoms with Crippen molar-refractivity contribution < 1.29 is 52.9 Å². The van der Waals surface area contributed by atoms with Crippen LogP contribution in [-0.4, -0.2) is 125 Å². The fourth-order valence-electron chi connectivity index (χ4n) is 7.82. The van der Waals surface area contributed by atoms with Crippen LogP contribution >= 0.6 is 0 Å². The number of ether oxygens (including phenoxy) is 3. The van der Waals surface area contributed by atoms with Crippen molar-refractivity contribution in [3.05, 3.63) is 29.8 Å². The molecule has 9 atom stereocenters. The quantitative estimate of drug-likeness (QED) is 0.262. The Morgan fingerprint density at radius 1 is 0.967 bits per heavy atom. The average Bonchev–Trinajstić information content (AvgIpc) is 3.67. The number of aliphatic hydroxyl groups excluding tert-OH is 1. The van der Waals surface area contributed by atoms with Crippen molar-refractivity contribution in [1.29, 1.82) is 0 Å². The van der Waals surface area contributed by atoms with Gasteiger partial charge in [-0.1, -0.05) is 60.1 Å². The monoisotopic (exact) mass is 858 g/mol. The molecule has 5 amide bonds. The van der Waals surface area contributed by atoms with E-state index in [4.69, 9.17) is 14.2 Å². The SMILES string of the molecule is CC[C@H](C)[C@H]1NC(=O)[C@@H](NC(=O)OC(C)(C)C)[C@@H](C)OC(=O)[C@H](Cc2ccc(OC)cc2)N(C)C(=O)C2CCCN2C(=O)[C@H](CC(C)C)NC(=O)[C@H](C(C)C)CC(=O)C[C@@H]1O. The average molecular weight is 858 g/mol. The van der Waals surface area contributed by atoms with Crippen LogP contribution in [0.4, 0.5) is 4.79 Å². The third-order valence-corrected chi connectivity index (χ3v) is 11.6. The number of ketones is 1. The lowest BCUT2D eigenvalue weighted by Gasteiger charge is -2.35. The number of likely N-dealkylation sites (N-methyl/N-ethyl adjacent to an activating group) is 1. The van der Waals surface area contributed by atoms with Gasteiger partial charge in [0.1, 0.15) is 47.4 Å². The molecule has 1 unspecified atom stereocenters. The van der Waals surface area contributed by atoms with E-state index in [0.29, 0.717) is 30.6 Å². The first-order chi connectivity index (χ1) is 28.5. The topological polar surface area (TPSA) is 210 Å². The molecule has 0 radical (unpaired) electrons. The molecule has 16 heteroatoms. The molecule has 61 heavy (non-hydrogen) atoms. The van der Waals surface area contributed by atoms with Crippen LogP contribution in [0.5, 0.6) is 5.75 Å². The minimum Gasteiger partial charge on any atom is -0.497 e. The van der Waals surface area contributed by atoms with E-state index < -0.39 is 102 Å². The summed E-state index contributed by atoms with van der Waals surface area (Å²) < 4.78 is 16.8. The number of nitrogens with zero attached hydrogens (tertiary/aromatic N) is 2. The van der Waals surface area contributed by atoms with Crippen LogP contribution in [0.15, 0.2) is 24.3 Å². The second kappa shape index (κ2) is 22.4. The molecule has 2 heterocycles. The Morgan fingerprint density at radius 2 is 1.61 bits per heavy atom. The standard InChI is InChI=1S/C45H71N5O11/c1-13-27(6)37-36(52)24-30(51)23-32(26(4)5)39(53)46-33(21-25(2)3)41(55)50-20-14-15-34(50)42(56)49(11)35(22-29-16-18-31(59-12)19-17-29)43(57)60-28(7)38(40(54)47-37)48-44(58)61-45(8,9)10/h16-19,25-28,32-38,52H,13-15,20-24H2,1-12H3,(H,46,53)(H,47,54)(H,48,58)/t27-,28+,32-,33-,34?,35-,36-,37+,38-/m0/s1. The number of rotatable bonds is 9. The molecule has 16 nitrogen and oxygen atoms in total. The summed E-state index contributed by atoms with van der Waals surface area (Å²) in [4.78, 5) is 101. The van der Waals surface area contributed by atoms with Gasteiger partial charge in [0, 0.05) is 38.8 Å². The molecule has 342 valence electrons. The Hall–Kier alpha value is -4.73. The van der Waals surface area contributed by atoms with E-state index in [1.54, 1.807) is 65.8 Å². The second-order valence-electron chi connectivity index (χ2n) is 18.4. The fraction of sp³-hybridized carbons (Fsp3) is 0.711. The lowest BCUT2D eigenvalue weighted by molar-refractivity contribution is -0.161. The number of nitrogens with one attached hydrogen (secondary N) is 3. The van der Waals surface area contributed by atoms with Gasteiger partial charge in [-0.25, -0.2) is 9.59 Å². The van der Waals surface area contributed by atoms with Crippen molar-refractivity contribution in [2.24, 2.45) is 23.7 Å². The van der Waals surface area contributed by atoms with Gasteiger partial charge in [0.25, 0.3) is 0 Å². The third-order valence-electron chi connectivity index (χ3n) is 11.6. The van der Waals surface area contributed by atoms with Crippen molar-refractivity contribution in [1.82, 2.24) is 25.8 Å². The molecule has 0 aromatic heterocycles. The second-order valence-corrected chi connectivity index (χ2v) is 18.4. The van der Waals surface area contributed by atoms with Crippen LogP contribution in [0.3, 0.4) is 0 Å². The number of methoxy groups -OCH3 is 1. The van der Waals surface area contributed by atoms with E-state index in [1.807, 2.05) is 20.8 Å². The van der Waals surface area contributed by atoms with E-state index in [-0.39, 0.29) is 43.6 Å². The number of amides is 5. The van der Waals surface area contributed by atoms with E-state index in [2.05, 4.69) is 16.0 Å². The molecule has 1 aromatic carbocycles. The maximum atomic E-state index is 14.6. The molecular weight excluding hydrogens is 787 g/mol. The van der Waals surface area contributed by atoms with E-state index in [1.165, 1.54) is 30.9 Å². The molecule has 1 aromatic rings. The molecule has 0 bridgehead atoms. The third kappa shape index (κ3) is 14.4.